The summed E-state index contributed by atoms with van der Waals surface area (Å²) >= 11 is 0. The maximum atomic E-state index is 13.8. The lowest BCUT2D eigenvalue weighted by atomic mass is 10.2. The van der Waals surface area contributed by atoms with Crippen LogP contribution in [-0.2, 0) is 14.3 Å². The van der Waals surface area contributed by atoms with E-state index in [9.17, 15) is 9.59 Å². The van der Waals surface area contributed by atoms with E-state index in [-0.39, 0.29) is 6.61 Å². The zero-order valence-electron chi connectivity index (χ0n) is 17.7. The predicted molar refractivity (Wildman–Crippen MR) is 130 cm³/mol. The summed E-state index contributed by atoms with van der Waals surface area (Å²) in [6.45, 7) is -1.01. The lowest BCUT2D eigenvalue weighted by Crippen LogP contribution is -2.37. The van der Waals surface area contributed by atoms with E-state index in [1.54, 1.807) is 19.1 Å². The molecule has 160 valence electrons. The third-order valence-electron chi connectivity index (χ3n) is 5.20. The number of furan rings is 1. The Balaban J connectivity index is 2.27. The average molecular weight is 442 g/mol. The molecule has 0 aliphatic heterocycles. The van der Waals surface area contributed by atoms with Gasteiger partial charge in [-0.1, -0.05) is 91.0 Å². The van der Waals surface area contributed by atoms with Gasteiger partial charge in [-0.2, -0.15) is 0 Å². The monoisotopic (exact) mass is 442 g/mol. The Labute approximate surface area is 187 Å². The Morgan fingerprint density at radius 2 is 1.19 bits per heavy atom. The molecule has 0 atom stereocenters. The summed E-state index contributed by atoms with van der Waals surface area (Å²) in [7, 11) is 0. The molecule has 3 aromatic carbocycles. The Morgan fingerprint density at radius 1 is 0.719 bits per heavy atom. The molecule has 5 heteroatoms. The number of benzene rings is 3. The maximum absolute atomic E-state index is 13.8. The Hall–Kier alpha value is -3.62. The van der Waals surface area contributed by atoms with Crippen molar-refractivity contribution in [1.82, 2.24) is 0 Å². The highest BCUT2D eigenvalue weighted by atomic mass is 31.2. The topological polar surface area (TPSA) is 56.5 Å². The van der Waals surface area contributed by atoms with Gasteiger partial charge in [-0.15, -0.1) is 0 Å². The first-order valence-electron chi connectivity index (χ1n) is 10.4. The molecule has 4 aromatic rings. The number of esters is 1. The van der Waals surface area contributed by atoms with E-state index in [4.69, 9.17) is 9.15 Å². The third-order valence-corrected chi connectivity index (χ3v) is 9.51. The van der Waals surface area contributed by atoms with Crippen molar-refractivity contribution in [2.45, 2.75) is 6.92 Å². The maximum Gasteiger partial charge on any atom is 0.379 e. The second kappa shape index (κ2) is 9.67. The van der Waals surface area contributed by atoms with Gasteiger partial charge in [0.05, 0.1) is 18.2 Å². The van der Waals surface area contributed by atoms with Crippen molar-refractivity contribution in [3.8, 4) is 0 Å². The fourth-order valence-electron chi connectivity index (χ4n) is 3.93. The summed E-state index contributed by atoms with van der Waals surface area (Å²) in [5.41, 5.74) is 0. The summed E-state index contributed by atoms with van der Waals surface area (Å²) in [5, 5.41) is 3.16. The van der Waals surface area contributed by atoms with E-state index >= 15 is 0 Å². The SMILES string of the molecule is CCOC(=O)C(=O)C(c1ccco1)=P(c1ccccc1)(c1ccccc1)c1ccccc1. The summed E-state index contributed by atoms with van der Waals surface area (Å²) in [6.07, 6.45) is 1.52. The Bertz CT molecular complexity index is 1140. The molecule has 0 fully saturated rings. The van der Waals surface area contributed by atoms with Crippen LogP contribution >= 0.6 is 6.89 Å². The van der Waals surface area contributed by atoms with Gasteiger partial charge in [-0.05, 0) is 41.9 Å². The van der Waals surface area contributed by atoms with Crippen molar-refractivity contribution in [3.05, 3.63) is 115 Å². The van der Waals surface area contributed by atoms with Crippen LogP contribution in [0.25, 0.3) is 0 Å². The van der Waals surface area contributed by atoms with Gasteiger partial charge in [0, 0.05) is 0 Å². The van der Waals surface area contributed by atoms with Gasteiger partial charge in [0.2, 0.25) is 0 Å². The van der Waals surface area contributed by atoms with E-state index in [0.29, 0.717) is 11.1 Å². The molecular formula is C27H23O4P. The molecule has 4 nitrogen and oxygen atoms in total. The lowest BCUT2D eigenvalue weighted by molar-refractivity contribution is -0.150. The van der Waals surface area contributed by atoms with Crippen LogP contribution in [0.4, 0.5) is 0 Å². The van der Waals surface area contributed by atoms with Gasteiger partial charge in [-0.3, -0.25) is 4.79 Å². The Kier molecular flexibility index (Phi) is 6.53. The Morgan fingerprint density at radius 3 is 1.56 bits per heavy atom. The zero-order chi connectivity index (χ0) is 22.4. The molecule has 0 N–H and O–H groups in total. The minimum atomic E-state index is -2.81. The number of carbonyl (C=O) groups excluding carboxylic acids is 2. The van der Waals surface area contributed by atoms with E-state index in [0.717, 1.165) is 15.9 Å². The van der Waals surface area contributed by atoms with Gasteiger partial charge in [0.15, 0.2) is 0 Å². The van der Waals surface area contributed by atoms with E-state index in [1.165, 1.54) is 6.26 Å². The molecule has 0 radical (unpaired) electrons. The summed E-state index contributed by atoms with van der Waals surface area (Å²) in [5.74, 6) is -1.20. The average Bonchev–Trinajstić information content (AvgIpc) is 3.38. The number of ether oxygens (including phenoxy) is 1. The van der Waals surface area contributed by atoms with Gasteiger partial charge >= 0.3 is 5.97 Å². The first kappa shape index (κ1) is 21.6. The zero-order valence-corrected chi connectivity index (χ0v) is 18.6. The van der Waals surface area contributed by atoms with Crippen molar-refractivity contribution in [3.63, 3.8) is 0 Å². The molecule has 0 aliphatic rings. The molecule has 32 heavy (non-hydrogen) atoms. The van der Waals surface area contributed by atoms with Crippen molar-refractivity contribution >= 4 is 39.8 Å². The van der Waals surface area contributed by atoms with Gasteiger partial charge in [-0.25, -0.2) is 4.79 Å². The molecule has 0 aliphatic carbocycles. The molecular weight excluding hydrogens is 419 g/mol. The van der Waals surface area contributed by atoms with Gasteiger partial charge in [0.25, 0.3) is 5.78 Å². The van der Waals surface area contributed by atoms with Gasteiger partial charge in [0.1, 0.15) is 5.76 Å². The van der Waals surface area contributed by atoms with E-state index < -0.39 is 18.6 Å². The summed E-state index contributed by atoms with van der Waals surface area (Å²) in [4.78, 5) is 26.6. The molecule has 0 saturated carbocycles. The van der Waals surface area contributed by atoms with E-state index in [2.05, 4.69) is 0 Å². The fraction of sp³-hybridized carbons (Fsp3) is 0.0741. The van der Waals surface area contributed by atoms with Crippen LogP contribution in [0.2, 0.25) is 0 Å². The van der Waals surface area contributed by atoms with Crippen LogP contribution in [-0.4, -0.2) is 23.7 Å². The molecule has 0 bridgehead atoms. The smallest absolute Gasteiger partial charge is 0.379 e. The lowest BCUT2D eigenvalue weighted by Gasteiger charge is -2.31. The number of rotatable bonds is 7. The third kappa shape index (κ3) is 3.86. The van der Waals surface area contributed by atoms with Crippen molar-refractivity contribution in [1.29, 1.82) is 0 Å². The van der Waals surface area contributed by atoms with Crippen molar-refractivity contribution < 1.29 is 18.7 Å². The van der Waals surface area contributed by atoms with Crippen LogP contribution < -0.4 is 15.9 Å². The highest BCUT2D eigenvalue weighted by Crippen LogP contribution is 2.47. The first-order valence-corrected chi connectivity index (χ1v) is 12.2. The van der Waals surface area contributed by atoms with Crippen LogP contribution in [0.3, 0.4) is 0 Å². The molecule has 0 saturated heterocycles. The highest BCUT2D eigenvalue weighted by Gasteiger charge is 2.38. The summed E-state index contributed by atoms with van der Waals surface area (Å²) < 4.78 is 10.9. The van der Waals surface area contributed by atoms with Crippen LogP contribution in [0.15, 0.2) is 114 Å². The van der Waals surface area contributed by atoms with Gasteiger partial charge < -0.3 is 9.15 Å². The van der Waals surface area contributed by atoms with E-state index in [1.807, 2.05) is 91.0 Å². The predicted octanol–water partition coefficient (Wildman–Crippen LogP) is 3.93. The largest absolute Gasteiger partial charge is 0.464 e. The second-order valence-electron chi connectivity index (χ2n) is 7.05. The molecule has 0 unspecified atom stereocenters. The number of hydrogen-bond acceptors (Lipinski definition) is 4. The molecule has 4 rings (SSSR count). The molecule has 1 heterocycles. The van der Waals surface area contributed by atoms with Crippen LogP contribution in [0.5, 0.6) is 0 Å². The number of carbonyl (C=O) groups is 2. The van der Waals surface area contributed by atoms with Crippen LogP contribution in [0.1, 0.15) is 12.7 Å². The number of hydrogen-bond donors (Lipinski definition) is 0. The minimum absolute atomic E-state index is 0.115. The first-order chi connectivity index (χ1) is 15.7. The molecule has 0 spiro atoms. The van der Waals surface area contributed by atoms with Crippen molar-refractivity contribution in [2.75, 3.05) is 6.61 Å². The fourth-order valence-corrected chi connectivity index (χ4v) is 8.31. The second-order valence-corrected chi connectivity index (χ2v) is 10.4. The quantitative estimate of drug-likeness (QED) is 0.247. The number of Topliss-reactive ketones (excluding diaryl/α,β-unsaturated/α-hetero) is 1. The molecule has 0 amide bonds. The minimum Gasteiger partial charge on any atom is -0.464 e. The normalized spacial score (nSPS) is 11.0. The molecule has 1 aromatic heterocycles. The summed E-state index contributed by atoms with van der Waals surface area (Å²) in [6, 6.07) is 33.0. The standard InChI is InChI=1S/C27H23O4P/c1-2-30-27(29)25(28)26(24-19-12-20-31-24)32(21-13-6-3-7-14-21,22-15-8-4-9-16-22)23-17-10-5-11-18-23/h3-20H,2H2,1H3. The number of ketones is 1. The van der Waals surface area contributed by atoms with Crippen molar-refractivity contribution in [2.24, 2.45) is 0 Å². The highest BCUT2D eigenvalue weighted by molar-refractivity contribution is 7.97. The van der Waals surface area contributed by atoms with Crippen LogP contribution in [0, 0.1) is 0 Å².